The Labute approximate surface area is 184 Å². The van der Waals surface area contributed by atoms with Crippen molar-refractivity contribution in [3.05, 3.63) is 44.8 Å². The molecule has 160 valence electrons. The first kappa shape index (κ1) is 21.1. The molecule has 0 saturated carbocycles. The van der Waals surface area contributed by atoms with Crippen LogP contribution >= 0.6 is 23.1 Å². The molecule has 1 aromatic rings. The molecule has 3 aliphatic heterocycles. The van der Waals surface area contributed by atoms with E-state index >= 15 is 0 Å². The number of rotatable bonds is 5. The number of ether oxygens (including phenoxy) is 2. The monoisotopic (exact) mass is 447 g/mol. The molecule has 1 saturated heterocycles. The maximum Gasteiger partial charge on any atom is 0.338 e. The molecule has 0 aromatic carbocycles. The van der Waals surface area contributed by atoms with E-state index in [4.69, 9.17) is 9.47 Å². The molecule has 1 unspecified atom stereocenters. The third kappa shape index (κ3) is 4.19. The Morgan fingerprint density at radius 3 is 2.77 bits per heavy atom. The van der Waals surface area contributed by atoms with Gasteiger partial charge >= 0.3 is 5.97 Å². The third-order valence-electron chi connectivity index (χ3n) is 5.07. The Kier molecular flexibility index (Phi) is 6.31. The van der Waals surface area contributed by atoms with Crippen LogP contribution in [0.2, 0.25) is 0 Å². The highest BCUT2D eigenvalue weighted by molar-refractivity contribution is 8.16. The fraction of sp³-hybridized carbons (Fsp3) is 0.476. The molecular weight excluding hydrogens is 422 g/mol. The van der Waals surface area contributed by atoms with Gasteiger partial charge < -0.3 is 19.3 Å². The van der Waals surface area contributed by atoms with E-state index in [2.05, 4.69) is 4.99 Å². The molecule has 0 bridgehead atoms. The molecule has 1 amide bonds. The van der Waals surface area contributed by atoms with Crippen molar-refractivity contribution in [1.82, 2.24) is 9.80 Å². The summed E-state index contributed by atoms with van der Waals surface area (Å²) in [5.74, 6) is -0.298. The van der Waals surface area contributed by atoms with E-state index in [9.17, 15) is 9.59 Å². The molecule has 4 heterocycles. The van der Waals surface area contributed by atoms with Crippen molar-refractivity contribution in [3.8, 4) is 0 Å². The number of aliphatic imine (C=N–C) groups is 1. The summed E-state index contributed by atoms with van der Waals surface area (Å²) >= 11 is 3.07. The van der Waals surface area contributed by atoms with Crippen molar-refractivity contribution < 1.29 is 19.1 Å². The fourth-order valence-corrected chi connectivity index (χ4v) is 5.49. The van der Waals surface area contributed by atoms with Crippen molar-refractivity contribution in [2.75, 3.05) is 26.3 Å². The van der Waals surface area contributed by atoms with Crippen LogP contribution in [0.4, 0.5) is 0 Å². The quantitative estimate of drug-likeness (QED) is 0.643. The second-order valence-corrected chi connectivity index (χ2v) is 9.35. The normalized spacial score (nSPS) is 21.5. The van der Waals surface area contributed by atoms with E-state index in [0.29, 0.717) is 37.6 Å². The number of thiophene rings is 1. The van der Waals surface area contributed by atoms with E-state index in [-0.39, 0.29) is 30.4 Å². The van der Waals surface area contributed by atoms with E-state index in [0.717, 1.165) is 15.7 Å². The highest BCUT2D eigenvalue weighted by atomic mass is 32.2. The largest absolute Gasteiger partial charge is 0.459 e. The predicted molar refractivity (Wildman–Crippen MR) is 118 cm³/mol. The van der Waals surface area contributed by atoms with Crippen molar-refractivity contribution in [2.24, 2.45) is 4.99 Å². The topological polar surface area (TPSA) is 71.4 Å². The third-order valence-corrected chi connectivity index (χ3v) is 6.89. The van der Waals surface area contributed by atoms with Gasteiger partial charge in [-0.25, -0.2) is 9.79 Å². The molecule has 0 radical (unpaired) electrons. The molecule has 0 aliphatic carbocycles. The zero-order chi connectivity index (χ0) is 21.3. The lowest BCUT2D eigenvalue weighted by atomic mass is 9.99. The van der Waals surface area contributed by atoms with E-state index in [1.165, 1.54) is 11.8 Å². The lowest BCUT2D eigenvalue weighted by Crippen LogP contribution is -2.42. The van der Waals surface area contributed by atoms with Gasteiger partial charge in [0.2, 0.25) is 5.91 Å². The minimum Gasteiger partial charge on any atom is -0.459 e. The fourth-order valence-electron chi connectivity index (χ4n) is 3.70. The second-order valence-electron chi connectivity index (χ2n) is 7.53. The molecule has 9 heteroatoms. The summed E-state index contributed by atoms with van der Waals surface area (Å²) in [5.41, 5.74) is 2.05. The summed E-state index contributed by atoms with van der Waals surface area (Å²) in [7, 11) is 0. The summed E-state index contributed by atoms with van der Waals surface area (Å²) in [4.78, 5) is 35.5. The number of amidine groups is 1. The second kappa shape index (κ2) is 8.95. The first-order chi connectivity index (χ1) is 14.5. The maximum absolute atomic E-state index is 13.0. The number of amides is 1. The van der Waals surface area contributed by atoms with Gasteiger partial charge in [-0.3, -0.25) is 4.79 Å². The van der Waals surface area contributed by atoms with Crippen LogP contribution in [0.3, 0.4) is 0 Å². The SMILES string of the molecule is CC1=C(C(=O)OC(C)C)C(c2cccs2)N2C(CC(=O)N3CCOCC3)=CSC2=N1. The first-order valence-electron chi connectivity index (χ1n) is 10.00. The van der Waals surface area contributed by atoms with E-state index in [1.54, 1.807) is 11.3 Å². The minimum absolute atomic E-state index is 0.0638. The zero-order valence-electron chi connectivity index (χ0n) is 17.3. The number of carbonyl (C=O) groups excluding carboxylic acids is 2. The first-order valence-corrected chi connectivity index (χ1v) is 11.8. The summed E-state index contributed by atoms with van der Waals surface area (Å²) in [6, 6.07) is 3.64. The van der Waals surface area contributed by atoms with Crippen LogP contribution in [0.15, 0.2) is 44.9 Å². The summed E-state index contributed by atoms with van der Waals surface area (Å²) in [6.45, 7) is 7.88. The van der Waals surface area contributed by atoms with Gasteiger partial charge in [0.1, 0.15) is 6.04 Å². The molecule has 30 heavy (non-hydrogen) atoms. The Morgan fingerprint density at radius 2 is 2.10 bits per heavy atom. The molecule has 0 spiro atoms. The van der Waals surface area contributed by atoms with Gasteiger partial charge in [-0.05, 0) is 37.6 Å². The summed E-state index contributed by atoms with van der Waals surface area (Å²) < 4.78 is 10.9. The molecular formula is C21H25N3O4S2. The number of allylic oxidation sites excluding steroid dienone is 1. The van der Waals surface area contributed by atoms with Gasteiger partial charge in [-0.1, -0.05) is 17.8 Å². The highest BCUT2D eigenvalue weighted by Gasteiger charge is 2.42. The van der Waals surface area contributed by atoms with Crippen LogP contribution < -0.4 is 0 Å². The van der Waals surface area contributed by atoms with Gasteiger partial charge in [0.05, 0.1) is 37.0 Å². The van der Waals surface area contributed by atoms with Gasteiger partial charge in [-0.2, -0.15) is 0 Å². The number of nitrogens with zero attached hydrogens (tertiary/aromatic N) is 3. The Bertz CT molecular complexity index is 915. The van der Waals surface area contributed by atoms with Crippen LogP contribution in [-0.2, 0) is 19.1 Å². The Hall–Kier alpha value is -2.10. The number of carbonyl (C=O) groups is 2. The lowest BCUT2D eigenvalue weighted by Gasteiger charge is -2.36. The van der Waals surface area contributed by atoms with Crippen molar-refractivity contribution >= 4 is 40.1 Å². The minimum atomic E-state index is -0.362. The van der Waals surface area contributed by atoms with Crippen LogP contribution in [0.25, 0.3) is 0 Å². The average molecular weight is 448 g/mol. The summed E-state index contributed by atoms with van der Waals surface area (Å²) in [5, 5.41) is 4.76. The Morgan fingerprint density at radius 1 is 1.33 bits per heavy atom. The Balaban J connectivity index is 1.65. The molecule has 0 N–H and O–H groups in total. The standard InChI is InChI=1S/C21H25N3O4S2/c1-13(2)28-20(26)18-14(3)22-21-24(19(18)16-5-4-10-29-16)15(12-30-21)11-17(25)23-6-8-27-9-7-23/h4-5,10,12-13,19H,6-9,11H2,1-3H3. The number of esters is 1. The lowest BCUT2D eigenvalue weighted by molar-refractivity contribution is -0.143. The average Bonchev–Trinajstić information content (AvgIpc) is 3.37. The van der Waals surface area contributed by atoms with Gasteiger partial charge in [0.15, 0.2) is 5.17 Å². The van der Waals surface area contributed by atoms with Crippen molar-refractivity contribution in [2.45, 2.75) is 39.3 Å². The van der Waals surface area contributed by atoms with Gasteiger partial charge in [0, 0.05) is 23.7 Å². The number of hydrogen-bond acceptors (Lipinski definition) is 8. The zero-order valence-corrected chi connectivity index (χ0v) is 18.9. The van der Waals surface area contributed by atoms with Crippen LogP contribution in [0, 0.1) is 0 Å². The molecule has 1 aromatic heterocycles. The van der Waals surface area contributed by atoms with Gasteiger partial charge in [-0.15, -0.1) is 11.3 Å². The van der Waals surface area contributed by atoms with Crippen LogP contribution in [0.1, 0.15) is 38.1 Å². The predicted octanol–water partition coefficient (Wildman–Crippen LogP) is 3.52. The van der Waals surface area contributed by atoms with E-state index < -0.39 is 0 Å². The smallest absolute Gasteiger partial charge is 0.338 e. The van der Waals surface area contributed by atoms with Gasteiger partial charge in [0.25, 0.3) is 0 Å². The van der Waals surface area contributed by atoms with Crippen LogP contribution in [0.5, 0.6) is 0 Å². The molecule has 4 rings (SSSR count). The van der Waals surface area contributed by atoms with Crippen LogP contribution in [-0.4, -0.2) is 59.3 Å². The van der Waals surface area contributed by atoms with Crippen molar-refractivity contribution in [1.29, 1.82) is 0 Å². The molecule has 7 nitrogen and oxygen atoms in total. The van der Waals surface area contributed by atoms with Crippen molar-refractivity contribution in [3.63, 3.8) is 0 Å². The number of hydrogen-bond donors (Lipinski definition) is 0. The summed E-state index contributed by atoms with van der Waals surface area (Å²) in [6.07, 6.45) is 0.0393. The molecule has 3 aliphatic rings. The molecule has 1 atom stereocenters. The maximum atomic E-state index is 13.0. The number of morpholine rings is 1. The highest BCUT2D eigenvalue weighted by Crippen LogP contribution is 2.46. The number of thioether (sulfide) groups is 1. The van der Waals surface area contributed by atoms with E-state index in [1.807, 2.05) is 53.5 Å². The molecule has 1 fully saturated rings. The number of fused-ring (bicyclic) bond motifs is 1.